The van der Waals surface area contributed by atoms with Crippen molar-refractivity contribution in [3.8, 4) is 5.75 Å². The van der Waals surface area contributed by atoms with Crippen molar-refractivity contribution >= 4 is 46.0 Å². The molecule has 0 spiro atoms. The number of fused-ring (bicyclic) bond motifs is 1. The summed E-state index contributed by atoms with van der Waals surface area (Å²) in [4.78, 5) is 28.2. The molecule has 1 atom stereocenters. The minimum Gasteiger partial charge on any atom is -0.489 e. The molecule has 6 nitrogen and oxygen atoms in total. The molecule has 4 aromatic rings. The zero-order chi connectivity index (χ0) is 27.2. The van der Waals surface area contributed by atoms with Gasteiger partial charge in [0.05, 0.1) is 11.0 Å². The van der Waals surface area contributed by atoms with E-state index in [0.29, 0.717) is 34.4 Å². The number of carboxylic acid groups (broad SMARTS) is 1. The van der Waals surface area contributed by atoms with Gasteiger partial charge < -0.3 is 14.4 Å². The predicted octanol–water partition coefficient (Wildman–Crippen LogP) is 7.83. The molecule has 0 saturated carbocycles. The van der Waals surface area contributed by atoms with Gasteiger partial charge in [0.15, 0.2) is 5.78 Å². The predicted molar refractivity (Wildman–Crippen MR) is 151 cm³/mol. The van der Waals surface area contributed by atoms with Crippen molar-refractivity contribution in [3.05, 3.63) is 93.2 Å². The highest BCUT2D eigenvalue weighted by atomic mass is 35.5. The number of hydrogen-bond acceptors (Lipinski definition) is 4. The van der Waals surface area contributed by atoms with E-state index in [2.05, 4.69) is 11.5 Å². The number of Topliss-reactive ketones (excluding diaryl/α,β-unsaturated/α-hetero) is 1. The van der Waals surface area contributed by atoms with Gasteiger partial charge in [0, 0.05) is 53.0 Å². The van der Waals surface area contributed by atoms with Crippen molar-refractivity contribution in [1.29, 1.82) is 0 Å². The molecule has 4 rings (SSSR count). The largest absolute Gasteiger partial charge is 0.489 e. The number of aromatic nitrogens is 2. The monoisotopic (exact) mass is 552 g/mol. The van der Waals surface area contributed by atoms with Crippen LogP contribution in [0.3, 0.4) is 0 Å². The second-order valence-corrected chi connectivity index (χ2v) is 10.2. The fourth-order valence-corrected chi connectivity index (χ4v) is 5.04. The Hall–Kier alpha value is -3.35. The molecule has 0 fully saturated rings. The van der Waals surface area contributed by atoms with Gasteiger partial charge in [-0.15, -0.1) is 0 Å². The van der Waals surface area contributed by atoms with Gasteiger partial charge in [-0.2, -0.15) is 0 Å². The van der Waals surface area contributed by atoms with Gasteiger partial charge in [0.2, 0.25) is 0 Å². The van der Waals surface area contributed by atoms with Crippen LogP contribution in [-0.2, 0) is 18.4 Å². The van der Waals surface area contributed by atoms with Crippen LogP contribution in [0.4, 0.5) is 0 Å². The number of ether oxygens (including phenoxy) is 1. The quantitative estimate of drug-likeness (QED) is 0.181. The van der Waals surface area contributed by atoms with Crippen molar-refractivity contribution in [2.75, 3.05) is 0 Å². The second-order valence-electron chi connectivity index (χ2n) is 9.34. The number of imidazole rings is 1. The Morgan fingerprint density at radius 3 is 2.47 bits per heavy atom. The van der Waals surface area contributed by atoms with E-state index < -0.39 is 5.97 Å². The molecule has 0 aliphatic carbocycles. The Kier molecular flexibility index (Phi) is 9.08. The molecule has 0 aliphatic rings. The summed E-state index contributed by atoms with van der Waals surface area (Å²) in [5, 5.41) is 9.95. The average molecular weight is 553 g/mol. The Balaban J connectivity index is 1.53. The van der Waals surface area contributed by atoms with Gasteiger partial charge in [-0.25, -0.2) is 4.98 Å². The standard InChI is InChI=1S/C30H30Cl2N2O4/c1-3-5-24(19-8-10-20(11-9-19)28(35)6-4-7-29(36)37)30-33-26-17-23(14-15-27(26)34(30)2)38-18-21-12-13-22(31)16-25(21)32/h8-17,24H,3-7,18H2,1-2H3,(H,36,37). The molecule has 0 saturated heterocycles. The van der Waals surface area contributed by atoms with Gasteiger partial charge in [-0.1, -0.05) is 66.9 Å². The summed E-state index contributed by atoms with van der Waals surface area (Å²) < 4.78 is 8.11. The first kappa shape index (κ1) is 27.7. The zero-order valence-corrected chi connectivity index (χ0v) is 22.9. The molecule has 1 N–H and O–H groups in total. The first-order valence-electron chi connectivity index (χ1n) is 12.6. The number of carbonyl (C=O) groups is 2. The van der Waals surface area contributed by atoms with E-state index in [1.807, 2.05) is 55.6 Å². The van der Waals surface area contributed by atoms with Crippen LogP contribution in [-0.4, -0.2) is 26.4 Å². The van der Waals surface area contributed by atoms with E-state index in [1.54, 1.807) is 12.1 Å². The van der Waals surface area contributed by atoms with E-state index in [4.69, 9.17) is 38.0 Å². The van der Waals surface area contributed by atoms with Crippen LogP contribution in [0, 0.1) is 0 Å². The second kappa shape index (κ2) is 12.5. The number of aliphatic carboxylic acids is 1. The topological polar surface area (TPSA) is 81.4 Å². The highest BCUT2D eigenvalue weighted by Crippen LogP contribution is 2.32. The number of nitrogens with zero attached hydrogens (tertiary/aromatic N) is 2. The highest BCUT2D eigenvalue weighted by Gasteiger charge is 2.21. The number of carbonyl (C=O) groups excluding carboxylic acids is 1. The minimum atomic E-state index is -0.886. The SMILES string of the molecule is CCCC(c1ccc(C(=O)CCCC(=O)O)cc1)c1nc2cc(OCc3ccc(Cl)cc3Cl)ccc2n1C. The number of hydrogen-bond donors (Lipinski definition) is 1. The molecule has 0 radical (unpaired) electrons. The van der Waals surface area contributed by atoms with Crippen molar-refractivity contribution in [3.63, 3.8) is 0 Å². The summed E-state index contributed by atoms with van der Waals surface area (Å²) >= 11 is 12.3. The molecule has 8 heteroatoms. The fraction of sp³-hybridized carbons (Fsp3) is 0.300. The van der Waals surface area contributed by atoms with E-state index in [1.165, 1.54) is 0 Å². The molecule has 1 aromatic heterocycles. The maximum absolute atomic E-state index is 12.4. The van der Waals surface area contributed by atoms with Gasteiger partial charge in [0.1, 0.15) is 18.2 Å². The molecular weight excluding hydrogens is 523 g/mol. The van der Waals surface area contributed by atoms with Crippen molar-refractivity contribution in [2.24, 2.45) is 7.05 Å². The molecular formula is C30H30Cl2N2O4. The summed E-state index contributed by atoms with van der Waals surface area (Å²) in [6.07, 6.45) is 2.44. The Morgan fingerprint density at radius 2 is 1.79 bits per heavy atom. The van der Waals surface area contributed by atoms with Gasteiger partial charge in [-0.05, 0) is 42.7 Å². The van der Waals surface area contributed by atoms with E-state index in [9.17, 15) is 9.59 Å². The third-order valence-corrected chi connectivity index (χ3v) is 7.20. The molecule has 38 heavy (non-hydrogen) atoms. The molecule has 0 bridgehead atoms. The van der Waals surface area contributed by atoms with Gasteiger partial charge in [0.25, 0.3) is 0 Å². The normalized spacial score (nSPS) is 12.0. The molecule has 0 aliphatic heterocycles. The molecule has 0 amide bonds. The van der Waals surface area contributed by atoms with Gasteiger partial charge in [-0.3, -0.25) is 9.59 Å². The summed E-state index contributed by atoms with van der Waals surface area (Å²) in [5.41, 5.74) is 4.38. The maximum Gasteiger partial charge on any atom is 0.303 e. The highest BCUT2D eigenvalue weighted by molar-refractivity contribution is 6.35. The van der Waals surface area contributed by atoms with Crippen LogP contribution in [0.15, 0.2) is 60.7 Å². The smallest absolute Gasteiger partial charge is 0.303 e. The molecule has 198 valence electrons. The fourth-order valence-electron chi connectivity index (χ4n) is 4.58. The van der Waals surface area contributed by atoms with Crippen LogP contribution in [0.5, 0.6) is 5.75 Å². The summed E-state index contributed by atoms with van der Waals surface area (Å²) in [6.45, 7) is 2.46. The lowest BCUT2D eigenvalue weighted by molar-refractivity contribution is -0.137. The maximum atomic E-state index is 12.4. The Labute approximate surface area is 232 Å². The van der Waals surface area contributed by atoms with Crippen molar-refractivity contribution in [2.45, 2.75) is 51.6 Å². The minimum absolute atomic E-state index is 0.00323. The van der Waals surface area contributed by atoms with Crippen molar-refractivity contribution < 1.29 is 19.4 Å². The van der Waals surface area contributed by atoms with Crippen LogP contribution < -0.4 is 4.74 Å². The third kappa shape index (κ3) is 6.55. The third-order valence-electron chi connectivity index (χ3n) is 6.61. The average Bonchev–Trinajstić information content (AvgIpc) is 3.22. The molecule has 3 aromatic carbocycles. The van der Waals surface area contributed by atoms with Gasteiger partial charge >= 0.3 is 5.97 Å². The first-order chi connectivity index (χ1) is 18.3. The van der Waals surface area contributed by atoms with Crippen molar-refractivity contribution in [1.82, 2.24) is 9.55 Å². The number of benzene rings is 3. The summed E-state index contributed by atoms with van der Waals surface area (Å²) in [6, 6.07) is 18.8. The number of ketones is 1. The van der Waals surface area contributed by atoms with Crippen LogP contribution in [0.2, 0.25) is 10.0 Å². The number of halogens is 2. The van der Waals surface area contributed by atoms with Crippen LogP contribution in [0.25, 0.3) is 11.0 Å². The number of aryl methyl sites for hydroxylation is 1. The summed E-state index contributed by atoms with van der Waals surface area (Å²) in [5.74, 6) is 0.777. The van der Waals surface area contributed by atoms with Crippen LogP contribution in [0.1, 0.15) is 72.3 Å². The molecule has 1 heterocycles. The summed E-state index contributed by atoms with van der Waals surface area (Å²) in [7, 11) is 2.02. The van der Waals surface area contributed by atoms with E-state index >= 15 is 0 Å². The van der Waals surface area contributed by atoms with Crippen LogP contribution >= 0.6 is 23.2 Å². The zero-order valence-electron chi connectivity index (χ0n) is 21.4. The van der Waals surface area contributed by atoms with E-state index in [0.717, 1.165) is 40.8 Å². The number of rotatable bonds is 12. The number of carboxylic acids is 1. The lowest BCUT2D eigenvalue weighted by Crippen LogP contribution is -2.09. The molecule has 1 unspecified atom stereocenters. The lowest BCUT2D eigenvalue weighted by atomic mass is 9.92. The lowest BCUT2D eigenvalue weighted by Gasteiger charge is -2.17. The Bertz CT molecular complexity index is 1450. The first-order valence-corrected chi connectivity index (χ1v) is 13.4. The van der Waals surface area contributed by atoms with E-state index in [-0.39, 0.29) is 24.5 Å². The Morgan fingerprint density at radius 1 is 1.03 bits per heavy atom.